The average molecular weight is 171 g/mol. The third kappa shape index (κ3) is 3.37. The Hall–Kier alpha value is -1.06. The summed E-state index contributed by atoms with van der Waals surface area (Å²) in [5.41, 5.74) is 10.7. The first kappa shape index (κ1) is 10.9. The zero-order valence-corrected chi connectivity index (χ0v) is 7.71. The van der Waals surface area contributed by atoms with E-state index in [1.807, 2.05) is 13.8 Å². The van der Waals surface area contributed by atoms with Gasteiger partial charge < -0.3 is 11.5 Å². The van der Waals surface area contributed by atoms with Crippen molar-refractivity contribution in [1.29, 1.82) is 0 Å². The number of nitrogens with two attached hydrogens (primary N) is 2. The third-order valence-corrected chi connectivity index (χ3v) is 1.63. The highest BCUT2D eigenvalue weighted by atomic mass is 16.1. The van der Waals surface area contributed by atoms with Gasteiger partial charge in [-0.05, 0) is 12.8 Å². The van der Waals surface area contributed by atoms with E-state index >= 15 is 0 Å². The molecule has 4 heteroatoms. The van der Waals surface area contributed by atoms with Crippen molar-refractivity contribution in [2.45, 2.75) is 26.7 Å². The second-order valence-corrected chi connectivity index (χ2v) is 2.67. The van der Waals surface area contributed by atoms with E-state index in [0.717, 1.165) is 6.42 Å². The topological polar surface area (TPSA) is 81.5 Å². The van der Waals surface area contributed by atoms with Gasteiger partial charge in [0.2, 0.25) is 5.91 Å². The van der Waals surface area contributed by atoms with Gasteiger partial charge in [0.05, 0.1) is 5.92 Å². The van der Waals surface area contributed by atoms with Gasteiger partial charge in [0, 0.05) is 6.54 Å². The zero-order valence-electron chi connectivity index (χ0n) is 7.71. The molecule has 0 aromatic rings. The highest BCUT2D eigenvalue weighted by Crippen LogP contribution is 2.01. The molecule has 1 atom stereocenters. The quantitative estimate of drug-likeness (QED) is 0.459. The average Bonchev–Trinajstić information content (AvgIpc) is 2.01. The van der Waals surface area contributed by atoms with Crippen LogP contribution in [0.15, 0.2) is 4.99 Å². The Balaban J connectivity index is 4.20. The Kier molecular flexibility index (Phi) is 5.08. The summed E-state index contributed by atoms with van der Waals surface area (Å²) in [5.74, 6) is -0.418. The van der Waals surface area contributed by atoms with Crippen LogP contribution in [0.1, 0.15) is 26.7 Å². The third-order valence-electron chi connectivity index (χ3n) is 1.63. The second kappa shape index (κ2) is 5.57. The Morgan fingerprint density at radius 3 is 2.33 bits per heavy atom. The molecule has 1 unspecified atom stereocenters. The lowest BCUT2D eigenvalue weighted by Crippen LogP contribution is -2.35. The number of hydrogen-bond acceptors (Lipinski definition) is 2. The molecule has 70 valence electrons. The van der Waals surface area contributed by atoms with Gasteiger partial charge in [-0.3, -0.25) is 9.79 Å². The van der Waals surface area contributed by atoms with E-state index in [9.17, 15) is 4.79 Å². The molecule has 0 aliphatic carbocycles. The molecule has 0 aromatic carbocycles. The fraction of sp³-hybridized carbons (Fsp3) is 0.750. The van der Waals surface area contributed by atoms with E-state index < -0.39 is 11.8 Å². The van der Waals surface area contributed by atoms with Crippen LogP contribution in [-0.4, -0.2) is 18.3 Å². The maximum Gasteiger partial charge on any atom is 0.228 e. The number of aliphatic imine (C=N–C) groups is 1. The number of carbonyl (C=O) groups is 1. The van der Waals surface area contributed by atoms with E-state index in [4.69, 9.17) is 11.5 Å². The van der Waals surface area contributed by atoms with Gasteiger partial charge in [0.1, 0.15) is 5.84 Å². The van der Waals surface area contributed by atoms with Crippen molar-refractivity contribution < 1.29 is 4.79 Å². The van der Waals surface area contributed by atoms with E-state index in [1.165, 1.54) is 0 Å². The van der Waals surface area contributed by atoms with Gasteiger partial charge >= 0.3 is 0 Å². The summed E-state index contributed by atoms with van der Waals surface area (Å²) in [5, 5.41) is 0. The van der Waals surface area contributed by atoms with Crippen molar-refractivity contribution in [3.63, 3.8) is 0 Å². The normalized spacial score (nSPS) is 14.3. The maximum absolute atomic E-state index is 10.8. The SMILES string of the molecule is CCCN=C(N)C(CC)C(N)=O. The fourth-order valence-corrected chi connectivity index (χ4v) is 0.907. The minimum atomic E-state index is -0.394. The Labute approximate surface area is 73.0 Å². The largest absolute Gasteiger partial charge is 0.387 e. The smallest absolute Gasteiger partial charge is 0.228 e. The Bertz CT molecular complexity index is 177. The van der Waals surface area contributed by atoms with Crippen molar-refractivity contribution in [2.24, 2.45) is 22.4 Å². The lowest BCUT2D eigenvalue weighted by molar-refractivity contribution is -0.119. The van der Waals surface area contributed by atoms with Gasteiger partial charge in [0.15, 0.2) is 0 Å². The molecule has 4 nitrogen and oxygen atoms in total. The van der Waals surface area contributed by atoms with Crippen LogP contribution in [0, 0.1) is 5.92 Å². The van der Waals surface area contributed by atoms with Gasteiger partial charge in [0.25, 0.3) is 0 Å². The van der Waals surface area contributed by atoms with Crippen LogP contribution in [-0.2, 0) is 4.79 Å². The molecule has 0 rings (SSSR count). The van der Waals surface area contributed by atoms with Crippen molar-refractivity contribution in [2.75, 3.05) is 6.54 Å². The molecule has 0 saturated heterocycles. The van der Waals surface area contributed by atoms with Crippen molar-refractivity contribution >= 4 is 11.7 Å². The fourth-order valence-electron chi connectivity index (χ4n) is 0.907. The van der Waals surface area contributed by atoms with E-state index in [0.29, 0.717) is 18.8 Å². The van der Waals surface area contributed by atoms with Crippen molar-refractivity contribution in [3.05, 3.63) is 0 Å². The lowest BCUT2D eigenvalue weighted by atomic mass is 10.1. The predicted octanol–water partition coefficient (Wildman–Crippen LogP) is 0.265. The van der Waals surface area contributed by atoms with Gasteiger partial charge in [-0.15, -0.1) is 0 Å². The molecule has 12 heavy (non-hydrogen) atoms. The summed E-state index contributed by atoms with van der Waals surface area (Å²) in [6, 6.07) is 0. The summed E-state index contributed by atoms with van der Waals surface area (Å²) < 4.78 is 0. The number of hydrogen-bond donors (Lipinski definition) is 2. The first-order chi connectivity index (χ1) is 5.63. The molecule has 1 amide bonds. The van der Waals surface area contributed by atoms with Crippen LogP contribution >= 0.6 is 0 Å². The molecule has 0 fully saturated rings. The van der Waals surface area contributed by atoms with Crippen molar-refractivity contribution in [3.8, 4) is 0 Å². The van der Waals surface area contributed by atoms with Crippen LogP contribution in [0.4, 0.5) is 0 Å². The van der Waals surface area contributed by atoms with E-state index in [2.05, 4.69) is 4.99 Å². The summed E-state index contributed by atoms with van der Waals surface area (Å²) >= 11 is 0. The number of rotatable bonds is 5. The number of amidine groups is 1. The Morgan fingerprint density at radius 1 is 1.42 bits per heavy atom. The molecule has 0 aliphatic rings. The molecule has 0 bridgehead atoms. The second-order valence-electron chi connectivity index (χ2n) is 2.67. The summed E-state index contributed by atoms with van der Waals surface area (Å²) in [6.07, 6.45) is 1.55. The van der Waals surface area contributed by atoms with Gasteiger partial charge in [-0.1, -0.05) is 13.8 Å². The summed E-state index contributed by atoms with van der Waals surface area (Å²) in [6.45, 7) is 4.53. The maximum atomic E-state index is 10.8. The molecular formula is C8H17N3O. The van der Waals surface area contributed by atoms with Crippen LogP contribution in [0.3, 0.4) is 0 Å². The minimum absolute atomic E-state index is 0.367. The number of carbonyl (C=O) groups excluding carboxylic acids is 1. The standard InChI is InChI=1S/C8H17N3O/c1-3-5-11-7(9)6(4-2)8(10)12/h6H,3-5H2,1-2H3,(H2,9,11)(H2,10,12). The molecule has 0 radical (unpaired) electrons. The monoisotopic (exact) mass is 171 g/mol. The molecule has 0 heterocycles. The Morgan fingerprint density at radius 2 is 2.00 bits per heavy atom. The van der Waals surface area contributed by atoms with E-state index in [1.54, 1.807) is 0 Å². The first-order valence-corrected chi connectivity index (χ1v) is 4.22. The number of amides is 1. The van der Waals surface area contributed by atoms with Gasteiger partial charge in [-0.25, -0.2) is 0 Å². The minimum Gasteiger partial charge on any atom is -0.387 e. The van der Waals surface area contributed by atoms with Crippen LogP contribution in [0.25, 0.3) is 0 Å². The molecule has 0 aliphatic heterocycles. The van der Waals surface area contributed by atoms with Gasteiger partial charge in [-0.2, -0.15) is 0 Å². The lowest BCUT2D eigenvalue weighted by Gasteiger charge is -2.09. The first-order valence-electron chi connectivity index (χ1n) is 4.22. The molecule has 0 saturated carbocycles. The highest BCUT2D eigenvalue weighted by Gasteiger charge is 2.16. The van der Waals surface area contributed by atoms with Crippen molar-refractivity contribution in [1.82, 2.24) is 0 Å². The molecular weight excluding hydrogens is 154 g/mol. The van der Waals surface area contributed by atoms with Crippen LogP contribution in [0.2, 0.25) is 0 Å². The summed E-state index contributed by atoms with van der Waals surface area (Å²) in [4.78, 5) is 14.8. The molecule has 4 N–H and O–H groups in total. The molecule has 0 aromatic heterocycles. The summed E-state index contributed by atoms with van der Waals surface area (Å²) in [7, 11) is 0. The van der Waals surface area contributed by atoms with E-state index in [-0.39, 0.29) is 0 Å². The zero-order chi connectivity index (χ0) is 9.56. The van der Waals surface area contributed by atoms with Crippen LogP contribution < -0.4 is 11.5 Å². The predicted molar refractivity (Wildman–Crippen MR) is 49.8 cm³/mol. The number of nitrogens with zero attached hydrogens (tertiary/aromatic N) is 1. The highest BCUT2D eigenvalue weighted by molar-refractivity contribution is 6.01. The molecule has 0 spiro atoms. The number of primary amides is 1. The van der Waals surface area contributed by atoms with Crippen LogP contribution in [0.5, 0.6) is 0 Å².